The topological polar surface area (TPSA) is 12.9 Å². The van der Waals surface area contributed by atoms with Gasteiger partial charge in [0.1, 0.15) is 5.15 Å². The maximum Gasteiger partial charge on any atom is 0.129 e. The van der Waals surface area contributed by atoms with Crippen LogP contribution in [0, 0.1) is 0 Å². The lowest BCUT2D eigenvalue weighted by atomic mass is 9.81. The van der Waals surface area contributed by atoms with Gasteiger partial charge < -0.3 is 0 Å². The second kappa shape index (κ2) is 6.65. The second-order valence-corrected chi connectivity index (χ2v) is 8.14. The van der Waals surface area contributed by atoms with E-state index in [0.29, 0.717) is 11.1 Å². The smallest absolute Gasteiger partial charge is 0.129 e. The Morgan fingerprint density at radius 2 is 1.65 bits per heavy atom. The zero-order valence-electron chi connectivity index (χ0n) is 14.4. The summed E-state index contributed by atoms with van der Waals surface area (Å²) in [6, 6.07) is 11.0. The molecule has 1 aliphatic rings. The van der Waals surface area contributed by atoms with Crippen molar-refractivity contribution < 1.29 is 0 Å². The monoisotopic (exact) mass is 327 g/mol. The van der Waals surface area contributed by atoms with Crippen LogP contribution < -0.4 is 0 Å². The van der Waals surface area contributed by atoms with Gasteiger partial charge in [-0.2, -0.15) is 0 Å². The molecule has 1 aromatic carbocycles. The summed E-state index contributed by atoms with van der Waals surface area (Å²) in [7, 11) is 0. The number of hydrogen-bond donors (Lipinski definition) is 0. The molecular formula is C21H26ClN. The maximum atomic E-state index is 6.20. The van der Waals surface area contributed by atoms with Crippen LogP contribution in [0.1, 0.15) is 69.9 Å². The van der Waals surface area contributed by atoms with Crippen LogP contribution in [0.5, 0.6) is 0 Å². The van der Waals surface area contributed by atoms with E-state index in [-0.39, 0.29) is 5.41 Å². The SMILES string of the molecule is CC(C)(C)c1ccc(-c2cc(Cl)ncc2C2CCCCC2)cc1. The lowest BCUT2D eigenvalue weighted by molar-refractivity contribution is 0.443. The number of benzene rings is 1. The predicted octanol–water partition coefficient (Wildman–Crippen LogP) is 6.75. The van der Waals surface area contributed by atoms with Gasteiger partial charge in [-0.25, -0.2) is 4.98 Å². The number of hydrogen-bond acceptors (Lipinski definition) is 1. The van der Waals surface area contributed by atoms with Crippen molar-refractivity contribution in [3.63, 3.8) is 0 Å². The van der Waals surface area contributed by atoms with Crippen LogP contribution in [0.3, 0.4) is 0 Å². The molecule has 0 spiro atoms. The molecule has 1 fully saturated rings. The van der Waals surface area contributed by atoms with Crippen LogP contribution in [-0.2, 0) is 5.41 Å². The molecule has 1 aliphatic carbocycles. The molecule has 0 atom stereocenters. The van der Waals surface area contributed by atoms with Crippen molar-refractivity contribution in [1.29, 1.82) is 0 Å². The second-order valence-electron chi connectivity index (χ2n) is 7.76. The van der Waals surface area contributed by atoms with Gasteiger partial charge in [0.25, 0.3) is 0 Å². The third-order valence-corrected chi connectivity index (χ3v) is 5.22. The molecule has 122 valence electrons. The fourth-order valence-corrected chi connectivity index (χ4v) is 3.74. The predicted molar refractivity (Wildman–Crippen MR) is 99.2 cm³/mol. The first-order chi connectivity index (χ1) is 10.9. The molecule has 2 heteroatoms. The number of nitrogens with zero attached hydrogens (tertiary/aromatic N) is 1. The third kappa shape index (κ3) is 3.77. The highest BCUT2D eigenvalue weighted by atomic mass is 35.5. The Kier molecular flexibility index (Phi) is 4.77. The average molecular weight is 328 g/mol. The number of halogens is 1. The third-order valence-electron chi connectivity index (χ3n) is 5.01. The van der Waals surface area contributed by atoms with Crippen LogP contribution in [0.2, 0.25) is 5.15 Å². The molecule has 1 nitrogen and oxygen atoms in total. The molecule has 0 aliphatic heterocycles. The first-order valence-corrected chi connectivity index (χ1v) is 9.09. The molecule has 23 heavy (non-hydrogen) atoms. The number of rotatable bonds is 2. The Labute approximate surface area is 145 Å². The van der Waals surface area contributed by atoms with Crippen molar-refractivity contribution in [2.24, 2.45) is 0 Å². The van der Waals surface area contributed by atoms with Gasteiger partial charge in [0.15, 0.2) is 0 Å². The van der Waals surface area contributed by atoms with Crippen molar-refractivity contribution >= 4 is 11.6 Å². The van der Waals surface area contributed by atoms with E-state index in [1.807, 2.05) is 12.3 Å². The minimum Gasteiger partial charge on any atom is -0.244 e. The van der Waals surface area contributed by atoms with Crippen LogP contribution in [0.15, 0.2) is 36.5 Å². The zero-order valence-corrected chi connectivity index (χ0v) is 15.2. The lowest BCUT2D eigenvalue weighted by Crippen LogP contribution is -2.10. The molecule has 1 heterocycles. The summed E-state index contributed by atoms with van der Waals surface area (Å²) >= 11 is 6.20. The molecule has 3 rings (SSSR count). The Morgan fingerprint density at radius 3 is 2.26 bits per heavy atom. The molecule has 0 saturated heterocycles. The maximum absolute atomic E-state index is 6.20. The van der Waals surface area contributed by atoms with Crippen molar-refractivity contribution in [3.05, 3.63) is 52.8 Å². The summed E-state index contributed by atoms with van der Waals surface area (Å²) in [5.41, 5.74) is 5.43. The summed E-state index contributed by atoms with van der Waals surface area (Å²) in [5.74, 6) is 0.630. The van der Waals surface area contributed by atoms with Crippen LogP contribution in [0.25, 0.3) is 11.1 Å². The molecule has 1 aromatic heterocycles. The van der Waals surface area contributed by atoms with Gasteiger partial charge in [-0.05, 0) is 52.5 Å². The van der Waals surface area contributed by atoms with E-state index in [1.54, 1.807) is 0 Å². The first kappa shape index (κ1) is 16.5. The highest BCUT2D eigenvalue weighted by Gasteiger charge is 2.20. The van der Waals surface area contributed by atoms with Crippen molar-refractivity contribution in [2.45, 2.75) is 64.2 Å². The largest absolute Gasteiger partial charge is 0.244 e. The van der Waals surface area contributed by atoms with E-state index in [0.717, 1.165) is 0 Å². The van der Waals surface area contributed by atoms with Gasteiger partial charge >= 0.3 is 0 Å². The number of aromatic nitrogens is 1. The molecule has 0 N–H and O–H groups in total. The number of pyridine rings is 1. The van der Waals surface area contributed by atoms with Crippen molar-refractivity contribution in [1.82, 2.24) is 4.98 Å². The van der Waals surface area contributed by atoms with Gasteiger partial charge in [0, 0.05) is 6.20 Å². The standard InChI is InChI=1S/C21H26ClN/c1-21(2,3)17-11-9-16(10-12-17)18-13-20(22)23-14-19(18)15-7-5-4-6-8-15/h9-15H,4-8H2,1-3H3. The summed E-state index contributed by atoms with van der Waals surface area (Å²) in [6.45, 7) is 6.75. The zero-order chi connectivity index (χ0) is 16.4. The Hall–Kier alpha value is -1.34. The summed E-state index contributed by atoms with van der Waals surface area (Å²) < 4.78 is 0. The molecule has 0 bridgehead atoms. The highest BCUT2D eigenvalue weighted by molar-refractivity contribution is 6.29. The van der Waals surface area contributed by atoms with Gasteiger partial charge in [0.05, 0.1) is 0 Å². The summed E-state index contributed by atoms with van der Waals surface area (Å²) in [6.07, 6.45) is 8.58. The van der Waals surface area contributed by atoms with Crippen molar-refractivity contribution in [2.75, 3.05) is 0 Å². The van der Waals surface area contributed by atoms with Crippen LogP contribution in [-0.4, -0.2) is 4.98 Å². The highest BCUT2D eigenvalue weighted by Crippen LogP contribution is 2.39. The van der Waals surface area contributed by atoms with Gasteiger partial charge in [-0.1, -0.05) is 75.9 Å². The quantitative estimate of drug-likeness (QED) is 0.556. The Balaban J connectivity index is 1.99. The minimum atomic E-state index is 0.181. The van der Waals surface area contributed by atoms with Gasteiger partial charge in [-0.3, -0.25) is 0 Å². The van der Waals surface area contributed by atoms with E-state index >= 15 is 0 Å². The van der Waals surface area contributed by atoms with Gasteiger partial charge in [-0.15, -0.1) is 0 Å². The molecule has 0 radical (unpaired) electrons. The fourth-order valence-electron chi connectivity index (χ4n) is 3.58. The van der Waals surface area contributed by atoms with Crippen LogP contribution >= 0.6 is 11.6 Å². The van der Waals surface area contributed by atoms with Crippen LogP contribution in [0.4, 0.5) is 0 Å². The molecule has 2 aromatic rings. The summed E-state index contributed by atoms with van der Waals surface area (Å²) in [5, 5.41) is 0.583. The van der Waals surface area contributed by atoms with E-state index in [4.69, 9.17) is 11.6 Å². The van der Waals surface area contributed by atoms with Crippen molar-refractivity contribution in [3.8, 4) is 11.1 Å². The molecule has 1 saturated carbocycles. The first-order valence-electron chi connectivity index (χ1n) is 8.71. The van der Waals surface area contributed by atoms with E-state index in [2.05, 4.69) is 50.0 Å². The minimum absolute atomic E-state index is 0.181. The Morgan fingerprint density at radius 1 is 1.00 bits per heavy atom. The Bertz CT molecular complexity index is 661. The molecular weight excluding hydrogens is 302 g/mol. The van der Waals surface area contributed by atoms with E-state index in [9.17, 15) is 0 Å². The normalized spacial score (nSPS) is 16.5. The molecule has 0 unspecified atom stereocenters. The van der Waals surface area contributed by atoms with Gasteiger partial charge in [0.2, 0.25) is 0 Å². The average Bonchev–Trinajstić information content (AvgIpc) is 2.55. The molecule has 0 amide bonds. The summed E-state index contributed by atoms with van der Waals surface area (Å²) in [4.78, 5) is 4.36. The van der Waals surface area contributed by atoms with E-state index < -0.39 is 0 Å². The lowest BCUT2D eigenvalue weighted by Gasteiger charge is -2.24. The fraction of sp³-hybridized carbons (Fsp3) is 0.476. The van der Waals surface area contributed by atoms with E-state index in [1.165, 1.54) is 54.4 Å².